The highest BCUT2D eigenvalue weighted by atomic mass is 35.5. The van der Waals surface area contributed by atoms with Crippen LogP contribution in [0.2, 0.25) is 5.02 Å². The average Bonchev–Trinajstić information content (AvgIpc) is 3.35. The molecule has 0 bridgehead atoms. The summed E-state index contributed by atoms with van der Waals surface area (Å²) < 4.78 is 44.1. The van der Waals surface area contributed by atoms with Crippen LogP contribution in [0.5, 0.6) is 0 Å². The monoisotopic (exact) mass is 483 g/mol. The number of hydrogen-bond acceptors (Lipinski definition) is 5. The van der Waals surface area contributed by atoms with E-state index in [0.29, 0.717) is 0 Å². The van der Waals surface area contributed by atoms with Crippen LogP contribution < -0.4 is 10.0 Å². The Hall–Kier alpha value is -2.31. The normalized spacial score (nSPS) is 21.2. The smallest absolute Gasteiger partial charge is 0.280 e. The van der Waals surface area contributed by atoms with E-state index in [4.69, 9.17) is 11.6 Å². The zero-order valence-electron chi connectivity index (χ0n) is 16.5. The number of hydrogen-bond donors (Lipinski definition) is 2. The molecular weight excluding hydrogens is 465 g/mol. The van der Waals surface area contributed by atoms with Gasteiger partial charge in [0.25, 0.3) is 10.2 Å². The molecule has 0 unspecified atom stereocenters. The van der Waals surface area contributed by atoms with Gasteiger partial charge >= 0.3 is 0 Å². The predicted octanol–water partition coefficient (Wildman–Crippen LogP) is 3.16. The molecule has 1 aliphatic rings. The number of nitrogens with one attached hydrogen (secondary N) is 2. The molecule has 1 amide bonds. The maximum atomic E-state index is 13.4. The Labute approximate surface area is 187 Å². The number of anilines is 1. The highest BCUT2D eigenvalue weighted by Crippen LogP contribution is 2.35. The Bertz CT molecular complexity index is 1240. The van der Waals surface area contributed by atoms with Gasteiger partial charge in [-0.15, -0.1) is 11.3 Å². The van der Waals surface area contributed by atoms with Crippen molar-refractivity contribution in [2.45, 2.75) is 18.5 Å². The Morgan fingerprint density at radius 2 is 2.10 bits per heavy atom. The van der Waals surface area contributed by atoms with E-state index in [-0.39, 0.29) is 17.1 Å². The summed E-state index contributed by atoms with van der Waals surface area (Å²) in [6, 6.07) is 6.02. The number of halogens is 2. The molecule has 164 valence electrons. The van der Waals surface area contributed by atoms with Crippen molar-refractivity contribution in [3.63, 3.8) is 0 Å². The van der Waals surface area contributed by atoms with Gasteiger partial charge < -0.3 is 5.32 Å². The van der Waals surface area contributed by atoms with Gasteiger partial charge in [0.1, 0.15) is 11.9 Å². The number of benzene rings is 1. The molecule has 1 saturated heterocycles. The molecule has 3 aromatic rings. The average molecular weight is 484 g/mol. The lowest BCUT2D eigenvalue weighted by molar-refractivity contribution is -0.120. The lowest BCUT2D eigenvalue weighted by Crippen LogP contribution is -2.55. The molecule has 31 heavy (non-hydrogen) atoms. The molecule has 3 heterocycles. The number of thiophene rings is 1. The summed E-state index contributed by atoms with van der Waals surface area (Å²) in [6.07, 6.45) is 1.91. The van der Waals surface area contributed by atoms with Gasteiger partial charge in [0.2, 0.25) is 5.91 Å². The molecule has 12 heteroatoms. The standard InChI is InChI=1S/C19H19ClFN5O3S2/c1-25-16(5-6-22-25)11-7-18(30-10-11)15-9-17(26(2)31(28,29)24-15)19(27)23-12-3-4-14(21)13(20)8-12/h3-8,10,15,17,24H,9H2,1-2H3,(H,23,27)/t15-,17+/m0/s1. The van der Waals surface area contributed by atoms with E-state index < -0.39 is 34.0 Å². The Morgan fingerprint density at radius 1 is 1.32 bits per heavy atom. The number of rotatable bonds is 4. The highest BCUT2D eigenvalue weighted by Gasteiger charge is 2.41. The first-order chi connectivity index (χ1) is 14.7. The number of aryl methyl sites for hydroxylation is 1. The maximum Gasteiger partial charge on any atom is 0.280 e. The van der Waals surface area contributed by atoms with E-state index in [1.165, 1.54) is 30.5 Å². The van der Waals surface area contributed by atoms with Gasteiger partial charge in [-0.3, -0.25) is 9.48 Å². The summed E-state index contributed by atoms with van der Waals surface area (Å²) in [7, 11) is -0.718. The SMILES string of the molecule is CN1[C@@H](C(=O)Nc2ccc(F)c(Cl)c2)C[C@@H](c2cc(-c3ccnn3C)cs2)NS1(=O)=O. The van der Waals surface area contributed by atoms with Crippen molar-refractivity contribution < 1.29 is 17.6 Å². The molecule has 2 N–H and O–H groups in total. The van der Waals surface area contributed by atoms with E-state index in [2.05, 4.69) is 15.1 Å². The Balaban J connectivity index is 1.58. The third kappa shape index (κ3) is 4.37. The summed E-state index contributed by atoms with van der Waals surface area (Å²) in [5, 5.41) is 8.56. The van der Waals surface area contributed by atoms with Crippen molar-refractivity contribution >= 4 is 44.7 Å². The summed E-state index contributed by atoms with van der Waals surface area (Å²) in [4.78, 5) is 13.7. The van der Waals surface area contributed by atoms with Crippen LogP contribution in [-0.4, -0.2) is 41.5 Å². The molecule has 2 aromatic heterocycles. The zero-order valence-corrected chi connectivity index (χ0v) is 18.9. The largest absolute Gasteiger partial charge is 0.325 e. The van der Waals surface area contributed by atoms with Crippen molar-refractivity contribution in [3.05, 3.63) is 57.6 Å². The number of aromatic nitrogens is 2. The zero-order chi connectivity index (χ0) is 22.3. The summed E-state index contributed by atoms with van der Waals surface area (Å²) in [6.45, 7) is 0. The van der Waals surface area contributed by atoms with Gasteiger partial charge in [-0.25, -0.2) is 4.39 Å². The first-order valence-corrected chi connectivity index (χ1v) is 11.9. The molecule has 0 aliphatic carbocycles. The second-order valence-electron chi connectivity index (χ2n) is 7.14. The number of amides is 1. The summed E-state index contributed by atoms with van der Waals surface area (Å²) in [5.41, 5.74) is 2.10. The molecule has 4 rings (SSSR count). The number of carbonyl (C=O) groups excluding carboxylic acids is 1. The van der Waals surface area contributed by atoms with E-state index in [0.717, 1.165) is 26.5 Å². The number of nitrogens with zero attached hydrogens (tertiary/aromatic N) is 3. The second-order valence-corrected chi connectivity index (χ2v) is 10.3. The van der Waals surface area contributed by atoms with Gasteiger partial charge in [0.05, 0.1) is 16.8 Å². The number of likely N-dealkylation sites (N-methyl/N-ethyl adjacent to an activating group) is 1. The van der Waals surface area contributed by atoms with Gasteiger partial charge in [0, 0.05) is 41.8 Å². The lowest BCUT2D eigenvalue weighted by atomic mass is 10.0. The third-order valence-electron chi connectivity index (χ3n) is 5.14. The second kappa shape index (κ2) is 8.32. The predicted molar refractivity (Wildman–Crippen MR) is 118 cm³/mol. The minimum atomic E-state index is -3.89. The van der Waals surface area contributed by atoms with Crippen LogP contribution >= 0.6 is 22.9 Å². The minimum Gasteiger partial charge on any atom is -0.325 e. The van der Waals surface area contributed by atoms with Gasteiger partial charge in [-0.2, -0.15) is 22.5 Å². The van der Waals surface area contributed by atoms with Gasteiger partial charge in [-0.1, -0.05) is 11.6 Å². The number of carbonyl (C=O) groups is 1. The molecule has 1 aromatic carbocycles. The Morgan fingerprint density at radius 3 is 2.77 bits per heavy atom. The minimum absolute atomic E-state index is 0.136. The highest BCUT2D eigenvalue weighted by molar-refractivity contribution is 7.87. The maximum absolute atomic E-state index is 13.4. The van der Waals surface area contributed by atoms with E-state index >= 15 is 0 Å². The fraction of sp³-hybridized carbons (Fsp3) is 0.263. The molecule has 0 saturated carbocycles. The fourth-order valence-electron chi connectivity index (χ4n) is 3.42. The van der Waals surface area contributed by atoms with Crippen LogP contribution in [0.25, 0.3) is 11.3 Å². The van der Waals surface area contributed by atoms with Gasteiger partial charge in [-0.05, 0) is 36.8 Å². The van der Waals surface area contributed by atoms with Crippen molar-refractivity contribution in [3.8, 4) is 11.3 Å². The summed E-state index contributed by atoms with van der Waals surface area (Å²) in [5.74, 6) is -1.13. The van der Waals surface area contributed by atoms with Crippen LogP contribution in [0.3, 0.4) is 0 Å². The van der Waals surface area contributed by atoms with Gasteiger partial charge in [0.15, 0.2) is 0 Å². The van der Waals surface area contributed by atoms with Crippen molar-refractivity contribution in [1.82, 2.24) is 18.8 Å². The molecule has 1 aliphatic heterocycles. The van der Waals surface area contributed by atoms with Crippen LogP contribution in [0.1, 0.15) is 17.3 Å². The fourth-order valence-corrected chi connectivity index (χ4v) is 5.91. The van der Waals surface area contributed by atoms with Crippen molar-refractivity contribution in [1.29, 1.82) is 0 Å². The van der Waals surface area contributed by atoms with Crippen molar-refractivity contribution in [2.24, 2.45) is 7.05 Å². The molecule has 0 spiro atoms. The first kappa shape index (κ1) is 21.9. The van der Waals surface area contributed by atoms with E-state index in [1.54, 1.807) is 10.9 Å². The van der Waals surface area contributed by atoms with E-state index in [9.17, 15) is 17.6 Å². The molecule has 1 fully saturated rings. The molecule has 0 radical (unpaired) electrons. The van der Waals surface area contributed by atoms with E-state index in [1.807, 2.05) is 24.6 Å². The van der Waals surface area contributed by atoms with Crippen LogP contribution in [0.15, 0.2) is 41.9 Å². The van der Waals surface area contributed by atoms with Crippen LogP contribution in [0, 0.1) is 5.82 Å². The first-order valence-electron chi connectivity index (χ1n) is 9.23. The Kier molecular flexibility index (Phi) is 5.88. The lowest BCUT2D eigenvalue weighted by Gasteiger charge is -2.35. The van der Waals surface area contributed by atoms with Crippen LogP contribution in [0.4, 0.5) is 10.1 Å². The van der Waals surface area contributed by atoms with Crippen molar-refractivity contribution in [2.75, 3.05) is 12.4 Å². The quantitative estimate of drug-likeness (QED) is 0.595. The molecule has 2 atom stereocenters. The topological polar surface area (TPSA) is 96.3 Å². The van der Waals surface area contributed by atoms with Crippen LogP contribution in [-0.2, 0) is 22.1 Å². The summed E-state index contributed by atoms with van der Waals surface area (Å²) >= 11 is 7.18. The molecular formula is C19H19ClFN5O3S2. The molecule has 8 nitrogen and oxygen atoms in total. The third-order valence-corrected chi connectivity index (χ3v) is 8.07.